The molecule has 0 spiro atoms. The maximum atomic E-state index is 14.3. The Balaban J connectivity index is 1.82. The van der Waals surface area contributed by atoms with Gasteiger partial charge in [-0.1, -0.05) is 29.8 Å². The number of hydrogen-bond acceptors (Lipinski definition) is 4. The number of para-hydroxylation sites is 1. The van der Waals surface area contributed by atoms with Gasteiger partial charge in [-0.05, 0) is 59.0 Å². The molecule has 152 valence electrons. The van der Waals surface area contributed by atoms with Crippen LogP contribution in [0.25, 0.3) is 0 Å². The zero-order valence-electron chi connectivity index (χ0n) is 15.0. The summed E-state index contributed by atoms with van der Waals surface area (Å²) in [7, 11) is -4.08. The van der Waals surface area contributed by atoms with E-state index in [9.17, 15) is 12.8 Å². The average molecular weight is 492 g/mol. The lowest BCUT2D eigenvalue weighted by Gasteiger charge is -2.31. The Morgan fingerprint density at radius 2 is 1.89 bits per heavy atom. The van der Waals surface area contributed by atoms with Gasteiger partial charge in [-0.25, -0.2) is 17.5 Å². The summed E-state index contributed by atoms with van der Waals surface area (Å²) in [5, 5.41) is 3.37. The highest BCUT2D eigenvalue weighted by Gasteiger charge is 2.30. The second-order valence-corrected chi connectivity index (χ2v) is 9.57. The lowest BCUT2D eigenvalue weighted by molar-refractivity contribution is 0.0579. The highest BCUT2D eigenvalue weighted by molar-refractivity contribution is 9.10. The van der Waals surface area contributed by atoms with Crippen LogP contribution in [0.2, 0.25) is 5.02 Å². The average Bonchev–Trinajstić information content (AvgIpc) is 2.69. The number of ether oxygens (including phenoxy) is 1. The fourth-order valence-corrected chi connectivity index (χ4v) is 5.21. The lowest BCUT2D eigenvalue weighted by Crippen LogP contribution is -2.46. The van der Waals surface area contributed by atoms with Crippen LogP contribution >= 0.6 is 27.5 Å². The van der Waals surface area contributed by atoms with Gasteiger partial charge in [-0.3, -0.25) is 0 Å². The fraction of sp³-hybridized carbons (Fsp3) is 0.368. The molecular weight excluding hydrogens is 471 g/mol. The number of rotatable bonds is 7. The van der Waals surface area contributed by atoms with Crippen LogP contribution in [-0.4, -0.2) is 34.2 Å². The van der Waals surface area contributed by atoms with Crippen molar-refractivity contribution in [2.75, 3.05) is 25.1 Å². The molecular formula is C19H21BrClFN2O3S. The number of hydrogen-bond donors (Lipinski definition) is 2. The van der Waals surface area contributed by atoms with Crippen molar-refractivity contribution in [3.05, 3.63) is 57.8 Å². The molecule has 0 aliphatic carbocycles. The Labute approximate surface area is 177 Å². The van der Waals surface area contributed by atoms with Crippen molar-refractivity contribution in [3.8, 4) is 0 Å². The molecule has 1 fully saturated rings. The van der Waals surface area contributed by atoms with Crippen LogP contribution in [0.1, 0.15) is 12.8 Å². The number of benzene rings is 2. The van der Waals surface area contributed by atoms with E-state index in [4.69, 9.17) is 16.3 Å². The summed E-state index contributed by atoms with van der Waals surface area (Å²) in [4.78, 5) is -0.430. The maximum Gasteiger partial charge on any atom is 0.243 e. The normalized spacial score (nSPS) is 16.7. The standard InChI is InChI=1S/C19H21BrClFN2O3S/c20-15-10-19(17(22)11-16(15)21)28(25,26)24-18(13-6-8-27-9-7-13)12-23-14-4-2-1-3-5-14/h1-5,10-11,13,18,23-24H,6-9,12H2/t18-/m0/s1. The van der Waals surface area contributed by atoms with Crippen LogP contribution < -0.4 is 10.0 Å². The van der Waals surface area contributed by atoms with E-state index >= 15 is 0 Å². The monoisotopic (exact) mass is 490 g/mol. The van der Waals surface area contributed by atoms with Crippen molar-refractivity contribution in [3.63, 3.8) is 0 Å². The number of anilines is 1. The molecule has 1 saturated heterocycles. The first-order chi connectivity index (χ1) is 13.4. The van der Waals surface area contributed by atoms with Gasteiger partial charge in [0.05, 0.1) is 5.02 Å². The van der Waals surface area contributed by atoms with Crippen LogP contribution in [0.3, 0.4) is 0 Å². The van der Waals surface area contributed by atoms with Gasteiger partial charge in [0.15, 0.2) is 0 Å². The van der Waals surface area contributed by atoms with Crippen molar-refractivity contribution in [1.29, 1.82) is 0 Å². The largest absolute Gasteiger partial charge is 0.383 e. The van der Waals surface area contributed by atoms with Gasteiger partial charge in [-0.15, -0.1) is 0 Å². The third kappa shape index (κ3) is 5.45. The van der Waals surface area contributed by atoms with Crippen LogP contribution in [0.15, 0.2) is 51.8 Å². The summed E-state index contributed by atoms with van der Waals surface area (Å²) in [5.74, 6) is -0.805. The first-order valence-corrected chi connectivity index (χ1v) is 11.6. The third-order valence-electron chi connectivity index (χ3n) is 4.71. The summed E-state index contributed by atoms with van der Waals surface area (Å²) in [6.07, 6.45) is 1.47. The molecule has 1 heterocycles. The Morgan fingerprint density at radius 1 is 1.21 bits per heavy atom. The van der Waals surface area contributed by atoms with Gasteiger partial charge in [0.1, 0.15) is 10.7 Å². The number of sulfonamides is 1. The predicted octanol–water partition coefficient (Wildman–Crippen LogP) is 4.43. The van der Waals surface area contributed by atoms with Gasteiger partial charge >= 0.3 is 0 Å². The summed E-state index contributed by atoms with van der Waals surface area (Å²) in [6.45, 7) is 1.54. The molecule has 9 heteroatoms. The van der Waals surface area contributed by atoms with Crippen molar-refractivity contribution in [1.82, 2.24) is 4.72 Å². The van der Waals surface area contributed by atoms with Crippen molar-refractivity contribution in [2.24, 2.45) is 5.92 Å². The molecule has 0 amide bonds. The lowest BCUT2D eigenvalue weighted by atomic mass is 9.92. The van der Waals surface area contributed by atoms with Crippen molar-refractivity contribution < 1.29 is 17.5 Å². The van der Waals surface area contributed by atoms with E-state index in [1.807, 2.05) is 30.3 Å². The van der Waals surface area contributed by atoms with Crippen molar-refractivity contribution >= 4 is 43.2 Å². The van der Waals surface area contributed by atoms with E-state index in [-0.39, 0.29) is 10.9 Å². The zero-order valence-corrected chi connectivity index (χ0v) is 18.2. The molecule has 0 saturated carbocycles. The van der Waals surface area contributed by atoms with Crippen LogP contribution in [-0.2, 0) is 14.8 Å². The van der Waals surface area contributed by atoms with E-state index < -0.39 is 26.8 Å². The van der Waals surface area contributed by atoms with Crippen LogP contribution in [0.4, 0.5) is 10.1 Å². The molecule has 28 heavy (non-hydrogen) atoms. The van der Waals surface area contributed by atoms with Crippen LogP contribution in [0.5, 0.6) is 0 Å². The Kier molecular flexibility index (Phi) is 7.33. The third-order valence-corrected chi connectivity index (χ3v) is 7.41. The van der Waals surface area contributed by atoms with Crippen LogP contribution in [0, 0.1) is 11.7 Å². The first kappa shape index (κ1) is 21.5. The van der Waals surface area contributed by atoms with E-state index in [0.717, 1.165) is 24.6 Å². The molecule has 0 aromatic heterocycles. The Morgan fingerprint density at radius 3 is 2.57 bits per heavy atom. The summed E-state index contributed by atoms with van der Waals surface area (Å²) >= 11 is 9.01. The van der Waals surface area contributed by atoms with Gasteiger partial charge in [-0.2, -0.15) is 0 Å². The summed E-state index contributed by atoms with van der Waals surface area (Å²) < 4.78 is 48.5. The minimum atomic E-state index is -4.08. The molecule has 2 N–H and O–H groups in total. The van der Waals surface area contributed by atoms with E-state index in [1.165, 1.54) is 6.07 Å². The molecule has 1 aliphatic rings. The quantitative estimate of drug-likeness (QED) is 0.563. The summed E-state index contributed by atoms with van der Waals surface area (Å²) in [6, 6.07) is 11.3. The molecule has 2 aromatic carbocycles. The maximum absolute atomic E-state index is 14.3. The fourth-order valence-electron chi connectivity index (χ4n) is 3.18. The topological polar surface area (TPSA) is 67.4 Å². The second-order valence-electron chi connectivity index (χ2n) is 6.62. The summed E-state index contributed by atoms with van der Waals surface area (Å²) in [5.41, 5.74) is 0.888. The zero-order chi connectivity index (χ0) is 20.1. The smallest absolute Gasteiger partial charge is 0.243 e. The van der Waals surface area contributed by atoms with Gasteiger partial charge in [0, 0.05) is 36.0 Å². The van der Waals surface area contributed by atoms with E-state index in [2.05, 4.69) is 26.0 Å². The molecule has 1 atom stereocenters. The molecule has 0 unspecified atom stereocenters. The first-order valence-electron chi connectivity index (χ1n) is 8.90. The molecule has 0 bridgehead atoms. The minimum Gasteiger partial charge on any atom is -0.383 e. The second kappa shape index (κ2) is 9.54. The highest BCUT2D eigenvalue weighted by Crippen LogP contribution is 2.29. The number of halogens is 3. The van der Waals surface area contributed by atoms with E-state index in [0.29, 0.717) is 24.2 Å². The predicted molar refractivity (Wildman–Crippen MR) is 112 cm³/mol. The molecule has 2 aromatic rings. The molecule has 5 nitrogen and oxygen atoms in total. The number of nitrogens with one attached hydrogen (secondary N) is 2. The highest BCUT2D eigenvalue weighted by atomic mass is 79.9. The minimum absolute atomic E-state index is 0.0820. The molecule has 0 radical (unpaired) electrons. The van der Waals surface area contributed by atoms with Gasteiger partial charge in [0.25, 0.3) is 0 Å². The van der Waals surface area contributed by atoms with Crippen molar-refractivity contribution in [2.45, 2.75) is 23.8 Å². The molecule has 3 rings (SSSR count). The Bertz CT molecular complexity index is 909. The SMILES string of the molecule is O=S(=O)(N[C@@H](CNc1ccccc1)C1CCOCC1)c1cc(Br)c(Cl)cc1F. The molecule has 1 aliphatic heterocycles. The Hall–Kier alpha value is -1.19. The van der Waals surface area contributed by atoms with Gasteiger partial charge in [0.2, 0.25) is 10.0 Å². The van der Waals surface area contributed by atoms with E-state index in [1.54, 1.807) is 0 Å². The van der Waals surface area contributed by atoms with Gasteiger partial charge < -0.3 is 10.1 Å².